The fourth-order valence-electron chi connectivity index (χ4n) is 1.30. The Kier molecular flexibility index (Phi) is 2.37. The lowest BCUT2D eigenvalue weighted by molar-refractivity contribution is 0.567. The molecule has 2 aromatic heterocycles. The second kappa shape index (κ2) is 3.68. The van der Waals surface area contributed by atoms with Gasteiger partial charge in [-0.15, -0.1) is 0 Å². The molecule has 0 unspecified atom stereocenters. The first kappa shape index (κ1) is 9.64. The summed E-state index contributed by atoms with van der Waals surface area (Å²) in [6, 6.07) is 1.97. The first-order chi connectivity index (χ1) is 7.16. The molecule has 0 N–H and O–H groups in total. The van der Waals surface area contributed by atoms with Crippen LogP contribution in [-0.2, 0) is 0 Å². The van der Waals surface area contributed by atoms with E-state index in [2.05, 4.69) is 15.1 Å². The van der Waals surface area contributed by atoms with E-state index in [0.29, 0.717) is 5.78 Å². The lowest BCUT2D eigenvalue weighted by Crippen LogP contribution is -2.02. The van der Waals surface area contributed by atoms with Crippen LogP contribution < -0.4 is 0 Å². The van der Waals surface area contributed by atoms with Gasteiger partial charge in [-0.25, -0.2) is 4.98 Å². The molecule has 0 saturated heterocycles. The zero-order valence-electron chi connectivity index (χ0n) is 9.05. The van der Waals surface area contributed by atoms with Gasteiger partial charge < -0.3 is 4.90 Å². The van der Waals surface area contributed by atoms with Crippen molar-refractivity contribution in [2.45, 2.75) is 6.92 Å². The molecule has 0 bridgehead atoms. The van der Waals surface area contributed by atoms with Crippen LogP contribution in [0.5, 0.6) is 0 Å². The molecular formula is C10H13N5. The summed E-state index contributed by atoms with van der Waals surface area (Å²) < 4.78 is 1.72. The van der Waals surface area contributed by atoms with Crippen LogP contribution in [0.2, 0.25) is 0 Å². The molecule has 0 fully saturated rings. The molecule has 0 aliphatic heterocycles. The Morgan fingerprint density at radius 2 is 2.20 bits per heavy atom. The summed E-state index contributed by atoms with van der Waals surface area (Å²) in [4.78, 5) is 10.3. The first-order valence-corrected chi connectivity index (χ1v) is 4.69. The monoisotopic (exact) mass is 203 g/mol. The molecule has 0 aliphatic carbocycles. The molecule has 15 heavy (non-hydrogen) atoms. The van der Waals surface area contributed by atoms with E-state index < -0.39 is 0 Å². The predicted molar refractivity (Wildman–Crippen MR) is 58.2 cm³/mol. The summed E-state index contributed by atoms with van der Waals surface area (Å²) in [5.74, 6) is 0.633. The van der Waals surface area contributed by atoms with Gasteiger partial charge in [0.15, 0.2) is 0 Å². The van der Waals surface area contributed by atoms with Crippen LogP contribution in [0.1, 0.15) is 11.4 Å². The standard InChI is InChI=1S/C10H13N5/c1-8-6-9(4-5-14(2)3)15-10(13-8)11-7-12-15/h4-7H,1-3H3/b5-4+. The smallest absolute Gasteiger partial charge is 0.252 e. The fraction of sp³-hybridized carbons (Fsp3) is 0.300. The summed E-state index contributed by atoms with van der Waals surface area (Å²) in [5.41, 5.74) is 1.91. The van der Waals surface area contributed by atoms with E-state index >= 15 is 0 Å². The zero-order valence-corrected chi connectivity index (χ0v) is 9.05. The summed E-state index contributed by atoms with van der Waals surface area (Å²) in [6.07, 6.45) is 5.46. The van der Waals surface area contributed by atoms with Crippen LogP contribution in [-0.4, -0.2) is 38.6 Å². The highest BCUT2D eigenvalue weighted by atomic mass is 15.3. The van der Waals surface area contributed by atoms with Crippen molar-refractivity contribution < 1.29 is 0 Å². The number of fused-ring (bicyclic) bond motifs is 1. The van der Waals surface area contributed by atoms with Gasteiger partial charge in [0.25, 0.3) is 5.78 Å². The van der Waals surface area contributed by atoms with E-state index in [1.807, 2.05) is 44.3 Å². The Balaban J connectivity index is 2.53. The van der Waals surface area contributed by atoms with Crippen molar-refractivity contribution in [3.05, 3.63) is 30.0 Å². The fourth-order valence-corrected chi connectivity index (χ4v) is 1.30. The third-order valence-corrected chi connectivity index (χ3v) is 1.95. The van der Waals surface area contributed by atoms with E-state index in [4.69, 9.17) is 0 Å². The molecule has 2 rings (SSSR count). The number of hydrogen-bond donors (Lipinski definition) is 0. The topological polar surface area (TPSA) is 46.3 Å². The molecule has 0 saturated carbocycles. The maximum atomic E-state index is 4.27. The molecule has 0 radical (unpaired) electrons. The van der Waals surface area contributed by atoms with Gasteiger partial charge in [-0.1, -0.05) is 0 Å². The number of rotatable bonds is 2. The van der Waals surface area contributed by atoms with E-state index in [1.165, 1.54) is 6.33 Å². The Morgan fingerprint density at radius 3 is 2.93 bits per heavy atom. The third-order valence-electron chi connectivity index (χ3n) is 1.95. The van der Waals surface area contributed by atoms with E-state index in [-0.39, 0.29) is 0 Å². The minimum Gasteiger partial charge on any atom is -0.383 e. The van der Waals surface area contributed by atoms with Crippen molar-refractivity contribution in [2.75, 3.05) is 14.1 Å². The maximum absolute atomic E-state index is 4.27. The quantitative estimate of drug-likeness (QED) is 0.729. The Labute approximate surface area is 88.1 Å². The highest BCUT2D eigenvalue weighted by Gasteiger charge is 2.02. The minimum absolute atomic E-state index is 0.633. The van der Waals surface area contributed by atoms with Crippen molar-refractivity contribution in [1.82, 2.24) is 24.5 Å². The maximum Gasteiger partial charge on any atom is 0.252 e. The van der Waals surface area contributed by atoms with Gasteiger partial charge in [0.1, 0.15) is 6.33 Å². The highest BCUT2D eigenvalue weighted by Crippen LogP contribution is 2.06. The molecule has 0 aliphatic rings. The van der Waals surface area contributed by atoms with Crippen LogP contribution in [0.4, 0.5) is 0 Å². The minimum atomic E-state index is 0.633. The zero-order chi connectivity index (χ0) is 10.8. The Bertz CT molecular complexity index is 497. The second-order valence-electron chi connectivity index (χ2n) is 3.57. The molecule has 2 aromatic rings. The molecule has 5 heteroatoms. The SMILES string of the molecule is Cc1cc(/C=C/N(C)C)n2ncnc2n1. The predicted octanol–water partition coefficient (Wildman–Crippen LogP) is 0.965. The van der Waals surface area contributed by atoms with Gasteiger partial charge in [0, 0.05) is 26.0 Å². The van der Waals surface area contributed by atoms with E-state index in [1.54, 1.807) is 4.52 Å². The summed E-state index contributed by atoms with van der Waals surface area (Å²) in [6.45, 7) is 1.95. The molecule has 0 amide bonds. The van der Waals surface area contributed by atoms with Crippen molar-refractivity contribution in [1.29, 1.82) is 0 Å². The lowest BCUT2D eigenvalue weighted by Gasteiger charge is -2.04. The molecule has 0 aromatic carbocycles. The summed E-state index contributed by atoms with van der Waals surface area (Å²) in [7, 11) is 3.95. The van der Waals surface area contributed by atoms with Crippen molar-refractivity contribution >= 4 is 11.9 Å². The second-order valence-corrected chi connectivity index (χ2v) is 3.57. The van der Waals surface area contributed by atoms with Gasteiger partial charge in [-0.05, 0) is 19.1 Å². The molecule has 0 spiro atoms. The normalized spacial score (nSPS) is 11.4. The van der Waals surface area contributed by atoms with Gasteiger partial charge in [0.2, 0.25) is 0 Å². The van der Waals surface area contributed by atoms with E-state index in [0.717, 1.165) is 11.4 Å². The number of aryl methyl sites for hydroxylation is 1. The highest BCUT2D eigenvalue weighted by molar-refractivity contribution is 5.48. The molecule has 0 atom stereocenters. The Hall–Kier alpha value is -1.91. The summed E-state index contributed by atoms with van der Waals surface area (Å²) >= 11 is 0. The van der Waals surface area contributed by atoms with Crippen LogP contribution in [0.3, 0.4) is 0 Å². The van der Waals surface area contributed by atoms with Crippen molar-refractivity contribution in [2.24, 2.45) is 0 Å². The van der Waals surface area contributed by atoms with Crippen LogP contribution in [0, 0.1) is 6.92 Å². The lowest BCUT2D eigenvalue weighted by atomic mass is 10.3. The Morgan fingerprint density at radius 1 is 1.40 bits per heavy atom. The molecular weight excluding hydrogens is 190 g/mol. The molecule has 2 heterocycles. The molecule has 5 nitrogen and oxygen atoms in total. The summed E-state index contributed by atoms with van der Waals surface area (Å²) in [5, 5.41) is 4.11. The molecule has 78 valence electrons. The number of nitrogens with zero attached hydrogens (tertiary/aromatic N) is 5. The van der Waals surface area contributed by atoms with Crippen LogP contribution in [0.15, 0.2) is 18.6 Å². The average Bonchev–Trinajstić information content (AvgIpc) is 2.61. The number of aromatic nitrogens is 4. The van der Waals surface area contributed by atoms with Gasteiger partial charge in [0.05, 0.1) is 5.69 Å². The van der Waals surface area contributed by atoms with Crippen LogP contribution in [0.25, 0.3) is 11.9 Å². The van der Waals surface area contributed by atoms with E-state index in [9.17, 15) is 0 Å². The van der Waals surface area contributed by atoms with Gasteiger partial charge >= 0.3 is 0 Å². The van der Waals surface area contributed by atoms with Crippen LogP contribution >= 0.6 is 0 Å². The van der Waals surface area contributed by atoms with Crippen molar-refractivity contribution in [3.63, 3.8) is 0 Å². The third kappa shape index (κ3) is 1.96. The van der Waals surface area contributed by atoms with Crippen molar-refractivity contribution in [3.8, 4) is 0 Å². The largest absolute Gasteiger partial charge is 0.383 e. The average molecular weight is 203 g/mol. The van der Waals surface area contributed by atoms with Gasteiger partial charge in [-0.3, -0.25) is 0 Å². The van der Waals surface area contributed by atoms with Gasteiger partial charge in [-0.2, -0.15) is 14.6 Å². The number of hydrogen-bond acceptors (Lipinski definition) is 4. The first-order valence-electron chi connectivity index (χ1n) is 4.69.